The molecule has 0 bridgehead atoms. The van der Waals surface area contributed by atoms with Crippen LogP contribution in [0.4, 0.5) is 5.82 Å². The number of rotatable bonds is 5. The second-order valence-electron chi connectivity index (χ2n) is 6.94. The van der Waals surface area contributed by atoms with Gasteiger partial charge in [-0.2, -0.15) is 11.3 Å². The fraction of sp³-hybridized carbons (Fsp3) is 0.474. The smallest absolute Gasteiger partial charge is 0.164 e. The Morgan fingerprint density at radius 3 is 3.08 bits per heavy atom. The number of aryl methyl sites for hydroxylation is 2. The molecule has 1 fully saturated rings. The van der Waals surface area contributed by atoms with Gasteiger partial charge in [0.25, 0.3) is 0 Å². The van der Waals surface area contributed by atoms with E-state index in [4.69, 9.17) is 19.5 Å². The summed E-state index contributed by atoms with van der Waals surface area (Å²) in [6, 6.07) is 2.07. The van der Waals surface area contributed by atoms with Crippen molar-refractivity contribution in [2.45, 2.75) is 32.1 Å². The first kappa shape index (κ1) is 16.6. The molecule has 1 aliphatic heterocycles. The fourth-order valence-corrected chi connectivity index (χ4v) is 5.59. The lowest BCUT2D eigenvalue weighted by Crippen LogP contribution is -2.14. The second kappa shape index (κ2) is 7.23. The van der Waals surface area contributed by atoms with Gasteiger partial charge in [-0.25, -0.2) is 15.4 Å². The van der Waals surface area contributed by atoms with Crippen LogP contribution in [0.3, 0.4) is 0 Å². The Balaban J connectivity index is 1.51. The highest BCUT2D eigenvalue weighted by molar-refractivity contribution is 7.19. The van der Waals surface area contributed by atoms with Gasteiger partial charge in [0, 0.05) is 28.3 Å². The summed E-state index contributed by atoms with van der Waals surface area (Å²) >= 11 is 3.49. The minimum Gasteiger partial charge on any atom is -0.381 e. The molecule has 1 saturated heterocycles. The van der Waals surface area contributed by atoms with Crippen LogP contribution >= 0.6 is 22.7 Å². The molecule has 136 valence electrons. The van der Waals surface area contributed by atoms with Crippen molar-refractivity contribution >= 4 is 38.7 Å². The average molecular weight is 388 g/mol. The molecule has 3 aromatic rings. The molecule has 2 aliphatic rings. The van der Waals surface area contributed by atoms with Gasteiger partial charge < -0.3 is 4.74 Å². The van der Waals surface area contributed by atoms with E-state index >= 15 is 0 Å². The Bertz CT molecular complexity index is 901. The molecule has 1 aliphatic carbocycles. The molecule has 1 atom stereocenters. The van der Waals surface area contributed by atoms with Gasteiger partial charge >= 0.3 is 0 Å². The first-order valence-electron chi connectivity index (χ1n) is 9.19. The van der Waals surface area contributed by atoms with E-state index in [1.165, 1.54) is 23.3 Å². The van der Waals surface area contributed by atoms with Gasteiger partial charge in [0.2, 0.25) is 0 Å². The fourth-order valence-electron chi connectivity index (χ4n) is 3.69. The normalized spacial score (nSPS) is 19.8. The van der Waals surface area contributed by atoms with E-state index in [0.717, 1.165) is 59.9 Å². The summed E-state index contributed by atoms with van der Waals surface area (Å²) in [5, 5.41) is 5.31. The number of ether oxygens (including phenoxy) is 1. The minimum absolute atomic E-state index is 0.465. The van der Waals surface area contributed by atoms with Crippen LogP contribution in [0.15, 0.2) is 16.8 Å². The summed E-state index contributed by atoms with van der Waals surface area (Å²) in [7, 11) is 0. The van der Waals surface area contributed by atoms with Crippen molar-refractivity contribution in [3.63, 3.8) is 0 Å². The molecule has 0 radical (unpaired) electrons. The monoisotopic (exact) mass is 387 g/mol. The van der Waals surface area contributed by atoms with Gasteiger partial charge in [-0.3, -0.25) is 4.84 Å². The third kappa shape index (κ3) is 3.13. The molecular formula is C19H21N3O2S2. The standard InChI is InChI=1S/C19H21N3O2S2/c1-2-4-15-14(3-1)16-18(22-24-10-12-5-7-23-9-12)20-17(21-19(16)26-15)13-6-8-25-11-13/h6,8,11-12H,1-5,7,9-10H2,(H,20,21,22). The van der Waals surface area contributed by atoms with Crippen molar-refractivity contribution in [1.82, 2.24) is 9.97 Å². The van der Waals surface area contributed by atoms with E-state index < -0.39 is 0 Å². The van der Waals surface area contributed by atoms with Gasteiger partial charge in [0.05, 0.1) is 18.6 Å². The number of hydrogen-bond donors (Lipinski definition) is 1. The molecule has 1 unspecified atom stereocenters. The van der Waals surface area contributed by atoms with Crippen LogP contribution in [0.25, 0.3) is 21.6 Å². The van der Waals surface area contributed by atoms with Crippen LogP contribution in [-0.4, -0.2) is 29.8 Å². The summed E-state index contributed by atoms with van der Waals surface area (Å²) in [5.41, 5.74) is 5.64. The average Bonchev–Trinajstić information content (AvgIpc) is 3.41. The third-order valence-electron chi connectivity index (χ3n) is 5.11. The first-order chi connectivity index (χ1) is 12.9. The topological polar surface area (TPSA) is 56.3 Å². The summed E-state index contributed by atoms with van der Waals surface area (Å²) in [6.07, 6.45) is 5.84. The number of hydrogen-bond acceptors (Lipinski definition) is 7. The molecule has 5 nitrogen and oxygen atoms in total. The molecule has 0 amide bonds. The molecule has 4 heterocycles. The van der Waals surface area contributed by atoms with Gasteiger partial charge in [-0.1, -0.05) is 0 Å². The highest BCUT2D eigenvalue weighted by Crippen LogP contribution is 2.39. The van der Waals surface area contributed by atoms with E-state index in [1.54, 1.807) is 11.3 Å². The second-order valence-corrected chi connectivity index (χ2v) is 8.81. The zero-order valence-electron chi connectivity index (χ0n) is 14.5. The summed E-state index contributed by atoms with van der Waals surface area (Å²) in [6.45, 7) is 2.27. The van der Waals surface area contributed by atoms with Crippen LogP contribution in [-0.2, 0) is 22.4 Å². The number of aromatic nitrogens is 2. The summed E-state index contributed by atoms with van der Waals surface area (Å²) in [5.74, 6) is 2.05. The molecule has 3 aromatic heterocycles. The van der Waals surface area contributed by atoms with E-state index in [-0.39, 0.29) is 0 Å². The highest BCUT2D eigenvalue weighted by atomic mass is 32.1. The predicted octanol–water partition coefficient (Wildman–Crippen LogP) is 4.68. The minimum atomic E-state index is 0.465. The number of fused-ring (bicyclic) bond motifs is 3. The first-order valence-corrected chi connectivity index (χ1v) is 10.9. The van der Waals surface area contributed by atoms with Crippen LogP contribution < -0.4 is 5.48 Å². The molecule has 26 heavy (non-hydrogen) atoms. The molecular weight excluding hydrogens is 366 g/mol. The molecule has 5 rings (SSSR count). The van der Waals surface area contributed by atoms with Crippen molar-refractivity contribution in [2.24, 2.45) is 5.92 Å². The van der Waals surface area contributed by atoms with Crippen molar-refractivity contribution in [1.29, 1.82) is 0 Å². The Morgan fingerprint density at radius 1 is 1.27 bits per heavy atom. The number of thiophene rings is 2. The third-order valence-corrected chi connectivity index (χ3v) is 6.97. The van der Waals surface area contributed by atoms with Gasteiger partial charge in [0.15, 0.2) is 11.6 Å². The van der Waals surface area contributed by atoms with E-state index in [2.05, 4.69) is 22.3 Å². The van der Waals surface area contributed by atoms with Gasteiger partial charge in [0.1, 0.15) is 4.83 Å². The lowest BCUT2D eigenvalue weighted by Gasteiger charge is -2.14. The SMILES string of the molecule is c1cc(-c2nc(NOCC3CCOC3)c3c4c(sc3n2)CCCC4)cs1. The van der Waals surface area contributed by atoms with Gasteiger partial charge in [-0.15, -0.1) is 11.3 Å². The maximum atomic E-state index is 5.83. The lowest BCUT2D eigenvalue weighted by atomic mass is 9.97. The van der Waals surface area contributed by atoms with E-state index in [0.29, 0.717) is 12.5 Å². The largest absolute Gasteiger partial charge is 0.381 e. The molecule has 0 saturated carbocycles. The zero-order valence-corrected chi connectivity index (χ0v) is 16.1. The Morgan fingerprint density at radius 2 is 2.23 bits per heavy atom. The number of anilines is 1. The predicted molar refractivity (Wildman–Crippen MR) is 106 cm³/mol. The van der Waals surface area contributed by atoms with Crippen molar-refractivity contribution in [2.75, 3.05) is 25.3 Å². The quantitative estimate of drug-likeness (QED) is 0.644. The Kier molecular flexibility index (Phi) is 4.62. The number of nitrogens with zero attached hydrogens (tertiary/aromatic N) is 2. The van der Waals surface area contributed by atoms with Crippen LogP contribution in [0.5, 0.6) is 0 Å². The molecule has 0 aromatic carbocycles. The molecule has 0 spiro atoms. The number of nitrogens with one attached hydrogen (secondary N) is 1. The van der Waals surface area contributed by atoms with Crippen molar-refractivity contribution < 1.29 is 9.57 Å². The lowest BCUT2D eigenvalue weighted by molar-refractivity contribution is 0.126. The maximum absolute atomic E-state index is 5.83. The Labute approximate surface area is 160 Å². The van der Waals surface area contributed by atoms with E-state index in [1.807, 2.05) is 11.3 Å². The Hall–Kier alpha value is -1.54. The summed E-state index contributed by atoms with van der Waals surface area (Å²) in [4.78, 5) is 18.1. The van der Waals surface area contributed by atoms with Crippen molar-refractivity contribution in [3.8, 4) is 11.4 Å². The molecule has 7 heteroatoms. The maximum Gasteiger partial charge on any atom is 0.164 e. The van der Waals surface area contributed by atoms with Gasteiger partial charge in [-0.05, 0) is 49.1 Å². The molecule has 1 N–H and O–H groups in total. The van der Waals surface area contributed by atoms with Crippen LogP contribution in [0.2, 0.25) is 0 Å². The van der Waals surface area contributed by atoms with Crippen LogP contribution in [0, 0.1) is 5.92 Å². The zero-order chi connectivity index (χ0) is 17.3. The van der Waals surface area contributed by atoms with Crippen LogP contribution in [0.1, 0.15) is 29.7 Å². The van der Waals surface area contributed by atoms with E-state index in [9.17, 15) is 0 Å². The highest BCUT2D eigenvalue weighted by Gasteiger charge is 2.22. The summed E-state index contributed by atoms with van der Waals surface area (Å²) < 4.78 is 5.43. The van der Waals surface area contributed by atoms with Crippen molar-refractivity contribution in [3.05, 3.63) is 27.3 Å².